The predicted octanol–water partition coefficient (Wildman–Crippen LogP) is 3.38. The third-order valence-electron chi connectivity index (χ3n) is 3.02. The van der Waals surface area contributed by atoms with Crippen LogP contribution in [0.15, 0.2) is 18.2 Å². The van der Waals surface area contributed by atoms with Crippen molar-refractivity contribution in [1.29, 1.82) is 0 Å². The lowest BCUT2D eigenvalue weighted by Crippen LogP contribution is -2.21. The quantitative estimate of drug-likeness (QED) is 0.732. The molecule has 0 spiro atoms. The highest BCUT2D eigenvalue weighted by molar-refractivity contribution is 5.32. The maximum Gasteiger partial charge on any atom is 0.0477 e. The molecule has 0 aliphatic heterocycles. The third-order valence-corrected chi connectivity index (χ3v) is 3.02. The summed E-state index contributed by atoms with van der Waals surface area (Å²) >= 11 is 0. The molecule has 0 aliphatic rings. The third kappa shape index (κ3) is 4.88. The van der Waals surface area contributed by atoms with Crippen LogP contribution in [0.4, 0.5) is 0 Å². The molecule has 96 valence electrons. The zero-order valence-corrected chi connectivity index (χ0v) is 11.5. The molecule has 0 amide bonds. The summed E-state index contributed by atoms with van der Waals surface area (Å²) in [5, 5.41) is 3.55. The Kier molecular flexibility index (Phi) is 6.23. The fourth-order valence-electron chi connectivity index (χ4n) is 1.97. The Morgan fingerprint density at radius 2 is 2.06 bits per heavy atom. The Bertz CT molecular complexity index is 336. The van der Waals surface area contributed by atoms with Crippen LogP contribution < -0.4 is 5.32 Å². The van der Waals surface area contributed by atoms with Crippen molar-refractivity contribution in [2.75, 3.05) is 19.8 Å². The molecule has 1 N–H and O–H groups in total. The topological polar surface area (TPSA) is 21.3 Å². The number of hydrogen-bond acceptors (Lipinski definition) is 2. The van der Waals surface area contributed by atoms with Gasteiger partial charge in [0.15, 0.2) is 0 Å². The molecular weight excluding hydrogens is 210 g/mol. The van der Waals surface area contributed by atoms with Gasteiger partial charge < -0.3 is 10.1 Å². The van der Waals surface area contributed by atoms with Crippen LogP contribution in [0.3, 0.4) is 0 Å². The molecule has 0 aromatic heterocycles. The van der Waals surface area contributed by atoms with Crippen molar-refractivity contribution in [3.8, 4) is 0 Å². The maximum atomic E-state index is 5.32. The van der Waals surface area contributed by atoms with Crippen molar-refractivity contribution in [3.63, 3.8) is 0 Å². The Labute approximate surface area is 105 Å². The largest absolute Gasteiger partial charge is 0.382 e. The van der Waals surface area contributed by atoms with Crippen LogP contribution >= 0.6 is 0 Å². The van der Waals surface area contributed by atoms with E-state index in [1.165, 1.54) is 16.7 Å². The predicted molar refractivity (Wildman–Crippen MR) is 73.4 cm³/mol. The number of ether oxygens (including phenoxy) is 1. The molecule has 0 saturated carbocycles. The van der Waals surface area contributed by atoms with Gasteiger partial charge in [0.25, 0.3) is 0 Å². The first-order chi connectivity index (χ1) is 8.15. The van der Waals surface area contributed by atoms with E-state index in [1.807, 2.05) is 6.92 Å². The van der Waals surface area contributed by atoms with E-state index in [2.05, 4.69) is 44.3 Å². The van der Waals surface area contributed by atoms with Gasteiger partial charge in [-0.3, -0.25) is 0 Å². The van der Waals surface area contributed by atoms with Crippen LogP contribution in [-0.2, 0) is 4.74 Å². The molecule has 2 nitrogen and oxygen atoms in total. The lowest BCUT2D eigenvalue weighted by Gasteiger charge is -2.17. The normalized spacial score (nSPS) is 12.7. The van der Waals surface area contributed by atoms with Crippen molar-refractivity contribution in [1.82, 2.24) is 5.32 Å². The Morgan fingerprint density at radius 3 is 2.76 bits per heavy atom. The van der Waals surface area contributed by atoms with Gasteiger partial charge in [-0.1, -0.05) is 23.8 Å². The van der Waals surface area contributed by atoms with E-state index in [9.17, 15) is 0 Å². The molecule has 1 aromatic rings. The first-order valence-electron chi connectivity index (χ1n) is 6.53. The first-order valence-corrected chi connectivity index (χ1v) is 6.53. The zero-order valence-electron chi connectivity index (χ0n) is 11.5. The lowest BCUT2D eigenvalue weighted by molar-refractivity contribution is 0.144. The molecule has 1 aromatic carbocycles. The summed E-state index contributed by atoms with van der Waals surface area (Å²) in [7, 11) is 0. The standard InChI is InChI=1S/C15H25NO/c1-5-17-10-6-9-16-14(4)15-11-12(2)7-8-13(15)3/h7-8,11,14,16H,5-6,9-10H2,1-4H3. The maximum absolute atomic E-state index is 5.32. The minimum Gasteiger partial charge on any atom is -0.382 e. The summed E-state index contributed by atoms with van der Waals surface area (Å²) in [5.41, 5.74) is 4.09. The van der Waals surface area contributed by atoms with Gasteiger partial charge in [-0.2, -0.15) is 0 Å². The summed E-state index contributed by atoms with van der Waals surface area (Å²) in [6.45, 7) is 11.2. The minimum atomic E-state index is 0.413. The number of rotatable bonds is 7. The molecule has 0 heterocycles. The molecule has 1 rings (SSSR count). The molecule has 0 radical (unpaired) electrons. The van der Waals surface area contributed by atoms with E-state index in [-0.39, 0.29) is 0 Å². The van der Waals surface area contributed by atoms with Gasteiger partial charge in [0.2, 0.25) is 0 Å². The van der Waals surface area contributed by atoms with Crippen LogP contribution in [0.25, 0.3) is 0 Å². The average molecular weight is 235 g/mol. The van der Waals surface area contributed by atoms with Crippen LogP contribution in [0.1, 0.15) is 43.0 Å². The fourth-order valence-corrected chi connectivity index (χ4v) is 1.97. The van der Waals surface area contributed by atoms with E-state index < -0.39 is 0 Å². The number of hydrogen-bond donors (Lipinski definition) is 1. The highest BCUT2D eigenvalue weighted by Crippen LogP contribution is 2.18. The highest BCUT2D eigenvalue weighted by atomic mass is 16.5. The Morgan fingerprint density at radius 1 is 1.29 bits per heavy atom. The first kappa shape index (κ1) is 14.2. The zero-order chi connectivity index (χ0) is 12.7. The molecule has 0 bridgehead atoms. The number of aryl methyl sites for hydroxylation is 2. The van der Waals surface area contributed by atoms with Gasteiger partial charge in [-0.25, -0.2) is 0 Å². The van der Waals surface area contributed by atoms with Crippen LogP contribution in [0.5, 0.6) is 0 Å². The van der Waals surface area contributed by atoms with Crippen LogP contribution in [0, 0.1) is 13.8 Å². The summed E-state index contributed by atoms with van der Waals surface area (Å²) in [6, 6.07) is 7.05. The van der Waals surface area contributed by atoms with Gasteiger partial charge in [-0.05, 0) is 51.8 Å². The summed E-state index contributed by atoms with van der Waals surface area (Å²) < 4.78 is 5.32. The van der Waals surface area contributed by atoms with Crippen molar-refractivity contribution in [2.24, 2.45) is 0 Å². The molecular formula is C15H25NO. The van der Waals surface area contributed by atoms with E-state index in [0.717, 1.165) is 26.2 Å². The summed E-state index contributed by atoms with van der Waals surface area (Å²) in [5.74, 6) is 0. The van der Waals surface area contributed by atoms with Crippen molar-refractivity contribution in [3.05, 3.63) is 34.9 Å². The second-order valence-electron chi connectivity index (χ2n) is 4.59. The second kappa shape index (κ2) is 7.46. The highest BCUT2D eigenvalue weighted by Gasteiger charge is 2.07. The average Bonchev–Trinajstić information content (AvgIpc) is 2.32. The molecule has 2 heteroatoms. The second-order valence-corrected chi connectivity index (χ2v) is 4.59. The van der Waals surface area contributed by atoms with Gasteiger partial charge in [0.1, 0.15) is 0 Å². The molecule has 0 fully saturated rings. The fraction of sp³-hybridized carbons (Fsp3) is 0.600. The van der Waals surface area contributed by atoms with E-state index >= 15 is 0 Å². The van der Waals surface area contributed by atoms with Crippen molar-refractivity contribution < 1.29 is 4.74 Å². The monoisotopic (exact) mass is 235 g/mol. The minimum absolute atomic E-state index is 0.413. The van der Waals surface area contributed by atoms with Gasteiger partial charge in [-0.15, -0.1) is 0 Å². The Hall–Kier alpha value is -0.860. The molecule has 0 saturated heterocycles. The molecule has 1 atom stereocenters. The van der Waals surface area contributed by atoms with Crippen molar-refractivity contribution >= 4 is 0 Å². The van der Waals surface area contributed by atoms with E-state index in [4.69, 9.17) is 4.74 Å². The van der Waals surface area contributed by atoms with Gasteiger partial charge >= 0.3 is 0 Å². The van der Waals surface area contributed by atoms with Crippen LogP contribution in [0.2, 0.25) is 0 Å². The molecule has 17 heavy (non-hydrogen) atoms. The molecule has 0 aliphatic carbocycles. The SMILES string of the molecule is CCOCCCNC(C)c1cc(C)ccc1C. The molecule has 1 unspecified atom stereocenters. The Balaban J connectivity index is 2.41. The van der Waals surface area contributed by atoms with Crippen molar-refractivity contribution in [2.45, 2.75) is 40.2 Å². The van der Waals surface area contributed by atoms with Gasteiger partial charge in [0, 0.05) is 19.3 Å². The smallest absolute Gasteiger partial charge is 0.0477 e. The van der Waals surface area contributed by atoms with E-state index in [0.29, 0.717) is 6.04 Å². The van der Waals surface area contributed by atoms with Gasteiger partial charge in [0.05, 0.1) is 0 Å². The number of benzene rings is 1. The van der Waals surface area contributed by atoms with E-state index in [1.54, 1.807) is 0 Å². The summed E-state index contributed by atoms with van der Waals surface area (Å²) in [6.07, 6.45) is 1.07. The summed E-state index contributed by atoms with van der Waals surface area (Å²) in [4.78, 5) is 0. The number of nitrogens with one attached hydrogen (secondary N) is 1. The lowest BCUT2D eigenvalue weighted by atomic mass is 10.00. The van der Waals surface area contributed by atoms with Crippen LogP contribution in [-0.4, -0.2) is 19.8 Å².